The molecule has 0 atom stereocenters. The number of hydrogen-bond acceptors (Lipinski definition) is 1. The molecule has 1 nitrogen and oxygen atoms in total. The van der Waals surface area contributed by atoms with Crippen molar-refractivity contribution < 1.29 is 0 Å². The van der Waals surface area contributed by atoms with Gasteiger partial charge in [0.25, 0.3) is 0 Å². The van der Waals surface area contributed by atoms with Crippen molar-refractivity contribution in [3.8, 4) is 0 Å². The highest BCUT2D eigenvalue weighted by atomic mass is 79.9. The summed E-state index contributed by atoms with van der Waals surface area (Å²) in [4.78, 5) is 2.51. The van der Waals surface area contributed by atoms with Crippen LogP contribution in [-0.2, 0) is 0 Å². The smallest absolute Gasteiger partial charge is 0.0370 e. The number of benzene rings is 1. The quantitative estimate of drug-likeness (QED) is 0.748. The van der Waals surface area contributed by atoms with E-state index in [9.17, 15) is 0 Å². The summed E-state index contributed by atoms with van der Waals surface area (Å²) in [6.45, 7) is 4.73. The molecule has 1 aliphatic heterocycles. The number of hydrogen-bond donors (Lipinski definition) is 0. The van der Waals surface area contributed by atoms with Gasteiger partial charge >= 0.3 is 0 Å². The van der Waals surface area contributed by atoms with E-state index in [1.54, 1.807) is 0 Å². The lowest BCUT2D eigenvalue weighted by Gasteiger charge is -2.57. The Morgan fingerprint density at radius 1 is 1.27 bits per heavy atom. The highest BCUT2D eigenvalue weighted by molar-refractivity contribution is 9.10. The zero-order valence-corrected chi connectivity index (χ0v) is 10.7. The van der Waals surface area contributed by atoms with E-state index in [2.05, 4.69) is 46.0 Å². The summed E-state index contributed by atoms with van der Waals surface area (Å²) in [6, 6.07) is 6.68. The molecule has 1 spiro atoms. The molecule has 1 saturated heterocycles. The number of aryl methyl sites for hydroxylation is 1. The fourth-order valence-electron chi connectivity index (χ4n) is 2.76. The minimum atomic E-state index is 0.723. The van der Waals surface area contributed by atoms with E-state index in [-0.39, 0.29) is 0 Å². The average Bonchev–Trinajstić information content (AvgIpc) is 2.06. The summed E-state index contributed by atoms with van der Waals surface area (Å²) in [5.41, 5.74) is 3.45. The molecular formula is C13H16BrN. The van der Waals surface area contributed by atoms with Gasteiger partial charge in [0, 0.05) is 28.7 Å². The Kier molecular flexibility index (Phi) is 2.10. The van der Waals surface area contributed by atoms with Crippen molar-refractivity contribution in [3.05, 3.63) is 28.2 Å². The molecule has 3 rings (SSSR count). The van der Waals surface area contributed by atoms with Crippen LogP contribution in [0.4, 0.5) is 5.69 Å². The number of anilines is 1. The Bertz CT molecular complexity index is 388. The first kappa shape index (κ1) is 9.71. The Morgan fingerprint density at radius 3 is 2.53 bits per heavy atom. The van der Waals surface area contributed by atoms with Gasteiger partial charge in [0.1, 0.15) is 0 Å². The molecule has 0 bridgehead atoms. The molecule has 15 heavy (non-hydrogen) atoms. The van der Waals surface area contributed by atoms with Gasteiger partial charge < -0.3 is 4.90 Å². The maximum atomic E-state index is 3.55. The number of halogens is 1. The normalized spacial score (nSPS) is 22.4. The lowest BCUT2D eigenvalue weighted by atomic mass is 9.63. The standard InChI is InChI=1S/C13H16BrN/c1-10-7-11(3-4-12(10)14)15-8-13(9-15)5-2-6-13/h3-4,7H,2,5-6,8-9H2,1H3. The molecule has 0 amide bonds. The van der Waals surface area contributed by atoms with Crippen molar-refractivity contribution in [1.82, 2.24) is 0 Å². The Balaban J connectivity index is 1.75. The second-order valence-electron chi connectivity index (χ2n) is 5.14. The van der Waals surface area contributed by atoms with Gasteiger partial charge in [-0.05, 0) is 43.5 Å². The summed E-state index contributed by atoms with van der Waals surface area (Å²) < 4.78 is 1.21. The van der Waals surface area contributed by atoms with Crippen LogP contribution in [0.5, 0.6) is 0 Å². The molecule has 1 aromatic rings. The van der Waals surface area contributed by atoms with Crippen molar-refractivity contribution in [1.29, 1.82) is 0 Å². The predicted octanol–water partition coefficient (Wildman–Crippen LogP) is 3.75. The molecule has 80 valence electrons. The second kappa shape index (κ2) is 3.24. The molecule has 1 aromatic carbocycles. The van der Waals surface area contributed by atoms with Crippen molar-refractivity contribution in [3.63, 3.8) is 0 Å². The van der Waals surface area contributed by atoms with Crippen LogP contribution in [0.3, 0.4) is 0 Å². The lowest BCUT2D eigenvalue weighted by Crippen LogP contribution is -2.59. The topological polar surface area (TPSA) is 3.24 Å². The van der Waals surface area contributed by atoms with Gasteiger partial charge in [-0.2, -0.15) is 0 Å². The maximum Gasteiger partial charge on any atom is 0.0370 e. The molecule has 0 N–H and O–H groups in total. The average molecular weight is 266 g/mol. The van der Waals surface area contributed by atoms with Gasteiger partial charge in [0.15, 0.2) is 0 Å². The molecular weight excluding hydrogens is 250 g/mol. The van der Waals surface area contributed by atoms with Crippen LogP contribution < -0.4 is 4.90 Å². The van der Waals surface area contributed by atoms with Crippen LogP contribution in [0.2, 0.25) is 0 Å². The molecule has 1 heterocycles. The van der Waals surface area contributed by atoms with E-state index in [1.165, 1.54) is 48.1 Å². The van der Waals surface area contributed by atoms with Crippen LogP contribution in [0.1, 0.15) is 24.8 Å². The highest BCUT2D eigenvalue weighted by Crippen LogP contribution is 2.49. The van der Waals surface area contributed by atoms with Gasteiger partial charge in [0.05, 0.1) is 0 Å². The summed E-state index contributed by atoms with van der Waals surface area (Å²) in [6.07, 6.45) is 4.37. The molecule has 2 fully saturated rings. The van der Waals surface area contributed by atoms with Gasteiger partial charge in [-0.15, -0.1) is 0 Å². The first-order valence-corrected chi connectivity index (χ1v) is 6.49. The summed E-state index contributed by atoms with van der Waals surface area (Å²) in [5, 5.41) is 0. The maximum absolute atomic E-state index is 3.55. The zero-order chi connectivity index (χ0) is 10.5. The molecule has 0 radical (unpaired) electrons. The molecule has 1 saturated carbocycles. The summed E-state index contributed by atoms with van der Waals surface area (Å²) in [5.74, 6) is 0. The molecule has 0 aromatic heterocycles. The third-order valence-electron chi connectivity index (χ3n) is 3.97. The van der Waals surface area contributed by atoms with Crippen LogP contribution >= 0.6 is 15.9 Å². The van der Waals surface area contributed by atoms with E-state index < -0.39 is 0 Å². The largest absolute Gasteiger partial charge is 0.370 e. The van der Waals surface area contributed by atoms with Crippen molar-refractivity contribution in [2.75, 3.05) is 18.0 Å². The zero-order valence-electron chi connectivity index (χ0n) is 9.09. The van der Waals surface area contributed by atoms with E-state index in [1.807, 2.05) is 0 Å². The molecule has 2 aliphatic rings. The fraction of sp³-hybridized carbons (Fsp3) is 0.538. The van der Waals surface area contributed by atoms with Crippen molar-refractivity contribution >= 4 is 21.6 Å². The molecule has 0 unspecified atom stereocenters. The highest BCUT2D eigenvalue weighted by Gasteiger charge is 2.47. The van der Waals surface area contributed by atoms with E-state index in [0.717, 1.165) is 5.41 Å². The van der Waals surface area contributed by atoms with Crippen LogP contribution in [0, 0.1) is 12.3 Å². The minimum Gasteiger partial charge on any atom is -0.370 e. The van der Waals surface area contributed by atoms with E-state index in [0.29, 0.717) is 0 Å². The number of nitrogens with zero attached hydrogens (tertiary/aromatic N) is 1. The third kappa shape index (κ3) is 1.50. The van der Waals surface area contributed by atoms with E-state index >= 15 is 0 Å². The second-order valence-corrected chi connectivity index (χ2v) is 6.00. The Morgan fingerprint density at radius 2 is 2.00 bits per heavy atom. The first-order chi connectivity index (χ1) is 7.19. The Hall–Kier alpha value is -0.500. The van der Waals surface area contributed by atoms with E-state index in [4.69, 9.17) is 0 Å². The summed E-state index contributed by atoms with van der Waals surface area (Å²) >= 11 is 3.55. The third-order valence-corrected chi connectivity index (χ3v) is 4.86. The van der Waals surface area contributed by atoms with Gasteiger partial charge in [-0.1, -0.05) is 22.4 Å². The predicted molar refractivity (Wildman–Crippen MR) is 67.4 cm³/mol. The SMILES string of the molecule is Cc1cc(N2CC3(CCC3)C2)ccc1Br. The van der Waals surface area contributed by atoms with Crippen LogP contribution in [-0.4, -0.2) is 13.1 Å². The minimum absolute atomic E-state index is 0.723. The Labute approximate surface area is 99.6 Å². The number of rotatable bonds is 1. The first-order valence-electron chi connectivity index (χ1n) is 5.70. The van der Waals surface area contributed by atoms with Gasteiger partial charge in [-0.3, -0.25) is 0 Å². The van der Waals surface area contributed by atoms with Gasteiger partial charge in [-0.25, -0.2) is 0 Å². The monoisotopic (exact) mass is 265 g/mol. The fourth-order valence-corrected chi connectivity index (χ4v) is 3.01. The van der Waals surface area contributed by atoms with Crippen LogP contribution in [0.25, 0.3) is 0 Å². The van der Waals surface area contributed by atoms with Crippen molar-refractivity contribution in [2.45, 2.75) is 26.2 Å². The van der Waals surface area contributed by atoms with Gasteiger partial charge in [0.2, 0.25) is 0 Å². The van der Waals surface area contributed by atoms with Crippen LogP contribution in [0.15, 0.2) is 22.7 Å². The summed E-state index contributed by atoms with van der Waals surface area (Å²) in [7, 11) is 0. The molecule has 1 aliphatic carbocycles. The lowest BCUT2D eigenvalue weighted by molar-refractivity contribution is 0.0904. The molecule has 2 heteroatoms. The van der Waals surface area contributed by atoms with Crippen molar-refractivity contribution in [2.24, 2.45) is 5.41 Å².